The fourth-order valence-corrected chi connectivity index (χ4v) is 3.46. The van der Waals surface area contributed by atoms with E-state index in [1.165, 1.54) is 38.5 Å². The molecule has 3 N–H and O–H groups in total. The third-order valence-corrected chi connectivity index (χ3v) is 4.78. The van der Waals surface area contributed by atoms with Crippen LogP contribution in [-0.4, -0.2) is 35.2 Å². The van der Waals surface area contributed by atoms with Gasteiger partial charge in [0.15, 0.2) is 0 Å². The van der Waals surface area contributed by atoms with Crippen molar-refractivity contribution in [2.45, 2.75) is 71.3 Å². The van der Waals surface area contributed by atoms with Crippen LogP contribution in [0.25, 0.3) is 0 Å². The number of hydrogen-bond acceptors (Lipinski definition) is 4. The van der Waals surface area contributed by atoms with E-state index in [4.69, 9.17) is 0 Å². The van der Waals surface area contributed by atoms with Gasteiger partial charge in [0.1, 0.15) is 5.56 Å². The molecule has 7 heteroatoms. The summed E-state index contributed by atoms with van der Waals surface area (Å²) in [7, 11) is 0. The number of nitrogens with one attached hydrogen (secondary N) is 3. The van der Waals surface area contributed by atoms with Crippen molar-refractivity contribution in [1.29, 1.82) is 0 Å². The van der Waals surface area contributed by atoms with Gasteiger partial charge in [-0.05, 0) is 31.2 Å². The van der Waals surface area contributed by atoms with E-state index in [-0.39, 0.29) is 23.9 Å². The molecule has 1 aromatic rings. The van der Waals surface area contributed by atoms with Crippen LogP contribution in [-0.2, 0) is 12.8 Å². The second kappa shape index (κ2) is 11.3. The Kier molecular flexibility index (Phi) is 9.75. The van der Waals surface area contributed by atoms with Crippen LogP contribution >= 0.6 is 12.4 Å². The highest BCUT2D eigenvalue weighted by Gasteiger charge is 2.18. The Morgan fingerprint density at radius 3 is 2.40 bits per heavy atom. The van der Waals surface area contributed by atoms with Gasteiger partial charge in [-0.15, -0.1) is 12.4 Å². The van der Waals surface area contributed by atoms with Crippen LogP contribution in [0.4, 0.5) is 0 Å². The van der Waals surface area contributed by atoms with Gasteiger partial charge in [-0.3, -0.25) is 9.59 Å². The molecule has 2 rings (SSSR count). The number of carbonyl (C=O) groups is 1. The maximum absolute atomic E-state index is 12.4. The molecule has 0 spiro atoms. The van der Waals surface area contributed by atoms with E-state index in [0.717, 1.165) is 17.8 Å². The number of aromatic amines is 1. The molecule has 6 nitrogen and oxygen atoms in total. The van der Waals surface area contributed by atoms with Crippen LogP contribution in [0, 0.1) is 0 Å². The first kappa shape index (κ1) is 21.6. The molecule has 0 radical (unpaired) electrons. The highest BCUT2D eigenvalue weighted by atomic mass is 35.5. The van der Waals surface area contributed by atoms with E-state index in [1.807, 2.05) is 13.8 Å². The number of halogens is 1. The molecule has 1 aliphatic rings. The maximum Gasteiger partial charge on any atom is 0.277 e. The first-order valence-electron chi connectivity index (χ1n) is 9.29. The van der Waals surface area contributed by atoms with Crippen molar-refractivity contribution >= 4 is 18.3 Å². The summed E-state index contributed by atoms with van der Waals surface area (Å²) in [4.78, 5) is 24.5. The average Bonchev–Trinajstić information content (AvgIpc) is 2.86. The summed E-state index contributed by atoms with van der Waals surface area (Å²) in [6, 6.07) is 0.562. The lowest BCUT2D eigenvalue weighted by Crippen LogP contribution is -2.39. The van der Waals surface area contributed by atoms with Crippen LogP contribution in [0.1, 0.15) is 74.0 Å². The van der Waals surface area contributed by atoms with Gasteiger partial charge in [-0.1, -0.05) is 39.5 Å². The summed E-state index contributed by atoms with van der Waals surface area (Å²) in [6.07, 6.45) is 9.01. The number of hydrogen-bond donors (Lipinski definition) is 3. The third-order valence-electron chi connectivity index (χ3n) is 4.78. The Balaban J connectivity index is 0.00000312. The Labute approximate surface area is 156 Å². The highest BCUT2D eigenvalue weighted by Crippen LogP contribution is 2.16. The normalized spacial score (nSPS) is 15.3. The molecule has 1 saturated carbocycles. The van der Waals surface area contributed by atoms with Gasteiger partial charge in [-0.2, -0.15) is 5.10 Å². The van der Waals surface area contributed by atoms with Gasteiger partial charge in [0.25, 0.3) is 11.5 Å². The van der Waals surface area contributed by atoms with Crippen LogP contribution in [0.15, 0.2) is 4.79 Å². The quantitative estimate of drug-likeness (QED) is 0.508. The summed E-state index contributed by atoms with van der Waals surface area (Å²) in [5, 5.41) is 12.9. The summed E-state index contributed by atoms with van der Waals surface area (Å²) in [6.45, 7) is 5.18. The highest BCUT2D eigenvalue weighted by molar-refractivity contribution is 5.95. The average molecular weight is 371 g/mol. The smallest absolute Gasteiger partial charge is 0.277 e. The van der Waals surface area contributed by atoms with Crippen molar-refractivity contribution in [3.8, 4) is 0 Å². The molecular weight excluding hydrogens is 340 g/mol. The zero-order chi connectivity index (χ0) is 17.4. The van der Waals surface area contributed by atoms with E-state index in [0.29, 0.717) is 25.4 Å². The number of amides is 1. The SMILES string of the molecule is CCc1n[nH]c(=O)c(C(=O)NCCNC2CCCCCC2)c1CC.Cl. The second-order valence-corrected chi connectivity index (χ2v) is 6.46. The zero-order valence-corrected chi connectivity index (χ0v) is 16.1. The number of carbonyl (C=O) groups excluding carboxylic acids is 1. The number of aryl methyl sites for hydroxylation is 1. The summed E-state index contributed by atoms with van der Waals surface area (Å²) >= 11 is 0. The first-order chi connectivity index (χ1) is 11.7. The van der Waals surface area contributed by atoms with Crippen molar-refractivity contribution in [1.82, 2.24) is 20.8 Å². The molecular formula is C18H31ClN4O2. The molecule has 0 aromatic carbocycles. The number of rotatable bonds is 7. The largest absolute Gasteiger partial charge is 0.351 e. The topological polar surface area (TPSA) is 86.9 Å². The van der Waals surface area contributed by atoms with Crippen LogP contribution < -0.4 is 16.2 Å². The monoisotopic (exact) mass is 370 g/mol. The zero-order valence-electron chi connectivity index (χ0n) is 15.3. The minimum atomic E-state index is -0.404. The molecule has 0 aliphatic heterocycles. The number of aromatic nitrogens is 2. The van der Waals surface area contributed by atoms with Crippen molar-refractivity contribution in [3.05, 3.63) is 27.2 Å². The molecule has 0 atom stereocenters. The minimum absolute atomic E-state index is 0. The molecule has 0 unspecified atom stereocenters. The molecule has 0 saturated heterocycles. The van der Waals surface area contributed by atoms with Crippen molar-refractivity contribution in [2.75, 3.05) is 13.1 Å². The standard InChI is InChI=1S/C18H30N4O2.ClH/c1-3-14-15(4-2)21-22-18(24)16(14)17(23)20-12-11-19-13-9-7-5-6-8-10-13;/h13,19H,3-12H2,1-2H3,(H,20,23)(H,22,24);1H. The van der Waals surface area contributed by atoms with E-state index in [9.17, 15) is 9.59 Å². The summed E-state index contributed by atoms with van der Waals surface area (Å²) in [5.41, 5.74) is 1.37. The van der Waals surface area contributed by atoms with E-state index in [2.05, 4.69) is 20.8 Å². The molecule has 0 bridgehead atoms. The molecule has 1 aliphatic carbocycles. The van der Waals surface area contributed by atoms with E-state index >= 15 is 0 Å². The first-order valence-corrected chi connectivity index (χ1v) is 9.29. The Morgan fingerprint density at radius 1 is 1.12 bits per heavy atom. The predicted molar refractivity (Wildman–Crippen MR) is 103 cm³/mol. The lowest BCUT2D eigenvalue weighted by atomic mass is 10.0. The van der Waals surface area contributed by atoms with Crippen molar-refractivity contribution in [3.63, 3.8) is 0 Å². The molecule has 1 amide bonds. The fraction of sp³-hybridized carbons (Fsp3) is 0.722. The second-order valence-electron chi connectivity index (χ2n) is 6.46. The molecule has 142 valence electrons. The van der Waals surface area contributed by atoms with E-state index < -0.39 is 5.56 Å². The van der Waals surface area contributed by atoms with Crippen molar-refractivity contribution < 1.29 is 4.79 Å². The Morgan fingerprint density at radius 2 is 1.80 bits per heavy atom. The van der Waals surface area contributed by atoms with Crippen LogP contribution in [0.3, 0.4) is 0 Å². The van der Waals surface area contributed by atoms with Crippen LogP contribution in [0.2, 0.25) is 0 Å². The summed E-state index contributed by atoms with van der Waals surface area (Å²) < 4.78 is 0. The lowest BCUT2D eigenvalue weighted by Gasteiger charge is -2.16. The summed E-state index contributed by atoms with van der Waals surface area (Å²) in [5.74, 6) is -0.298. The number of H-pyrrole nitrogens is 1. The lowest BCUT2D eigenvalue weighted by molar-refractivity contribution is 0.0950. The molecule has 1 heterocycles. The van der Waals surface area contributed by atoms with Gasteiger partial charge in [0, 0.05) is 19.1 Å². The van der Waals surface area contributed by atoms with Crippen LogP contribution in [0.5, 0.6) is 0 Å². The third kappa shape index (κ3) is 6.12. The molecule has 25 heavy (non-hydrogen) atoms. The minimum Gasteiger partial charge on any atom is -0.351 e. The predicted octanol–water partition coefficient (Wildman–Crippen LogP) is 2.36. The Hall–Kier alpha value is -1.40. The van der Waals surface area contributed by atoms with Gasteiger partial charge < -0.3 is 10.6 Å². The van der Waals surface area contributed by atoms with Crippen molar-refractivity contribution in [2.24, 2.45) is 0 Å². The Bertz CT molecular complexity index is 595. The fourth-order valence-electron chi connectivity index (χ4n) is 3.46. The van der Waals surface area contributed by atoms with Gasteiger partial charge >= 0.3 is 0 Å². The molecule has 1 fully saturated rings. The number of nitrogens with zero attached hydrogens (tertiary/aromatic N) is 1. The van der Waals surface area contributed by atoms with Gasteiger partial charge in [0.2, 0.25) is 0 Å². The van der Waals surface area contributed by atoms with Gasteiger partial charge in [-0.25, -0.2) is 5.10 Å². The molecule has 1 aromatic heterocycles. The van der Waals surface area contributed by atoms with E-state index in [1.54, 1.807) is 0 Å². The maximum atomic E-state index is 12.4. The van der Waals surface area contributed by atoms with Gasteiger partial charge in [0.05, 0.1) is 5.69 Å².